The number of nitrogens with one attached hydrogen (secondary N) is 2. The summed E-state index contributed by atoms with van der Waals surface area (Å²) >= 11 is 0. The van der Waals surface area contributed by atoms with E-state index in [0.717, 1.165) is 31.5 Å². The van der Waals surface area contributed by atoms with Crippen LogP contribution in [0.4, 0.5) is 0 Å². The third-order valence-corrected chi connectivity index (χ3v) is 4.48. The van der Waals surface area contributed by atoms with Gasteiger partial charge in [0.15, 0.2) is 0 Å². The van der Waals surface area contributed by atoms with E-state index >= 15 is 0 Å². The Morgan fingerprint density at radius 3 is 2.56 bits per heavy atom. The van der Waals surface area contributed by atoms with Crippen LogP contribution in [0.2, 0.25) is 0 Å². The third-order valence-electron chi connectivity index (χ3n) is 4.48. The maximum absolute atomic E-state index is 11.9. The second-order valence-corrected chi connectivity index (χ2v) is 6.55. The third kappa shape index (κ3) is 7.52. The lowest BCUT2D eigenvalue weighted by Gasteiger charge is -2.31. The van der Waals surface area contributed by atoms with Crippen LogP contribution in [0.3, 0.4) is 0 Å². The fraction of sp³-hybridized carbons (Fsp3) is 0.500. The summed E-state index contributed by atoms with van der Waals surface area (Å²) in [6.45, 7) is 6.34. The largest absolute Gasteiger partial charge is 0.354 e. The minimum atomic E-state index is -0.258. The Labute approximate surface area is 150 Å². The van der Waals surface area contributed by atoms with Crippen LogP contribution < -0.4 is 10.6 Å². The first-order chi connectivity index (χ1) is 12.2. The lowest BCUT2D eigenvalue weighted by Crippen LogP contribution is -2.41. The SMILES string of the molecule is CCCN1CCC(CNC(=O)CNC(=O)/C=C\c2ccccc2)CC1. The van der Waals surface area contributed by atoms with Crippen molar-refractivity contribution >= 4 is 17.9 Å². The number of carbonyl (C=O) groups excluding carboxylic acids is 2. The topological polar surface area (TPSA) is 61.4 Å². The molecule has 0 aliphatic carbocycles. The number of carbonyl (C=O) groups is 2. The first-order valence-corrected chi connectivity index (χ1v) is 9.17. The van der Waals surface area contributed by atoms with E-state index in [0.29, 0.717) is 12.5 Å². The van der Waals surface area contributed by atoms with Crippen molar-refractivity contribution in [1.82, 2.24) is 15.5 Å². The van der Waals surface area contributed by atoms with Gasteiger partial charge in [-0.15, -0.1) is 0 Å². The van der Waals surface area contributed by atoms with Crippen LogP contribution in [-0.2, 0) is 9.59 Å². The van der Waals surface area contributed by atoms with Gasteiger partial charge in [0.05, 0.1) is 6.54 Å². The molecule has 1 aliphatic rings. The van der Waals surface area contributed by atoms with Crippen molar-refractivity contribution in [2.75, 3.05) is 32.7 Å². The molecule has 5 heteroatoms. The van der Waals surface area contributed by atoms with Crippen molar-refractivity contribution < 1.29 is 9.59 Å². The summed E-state index contributed by atoms with van der Waals surface area (Å²) in [5.74, 6) is 0.162. The molecule has 0 bridgehead atoms. The number of hydrogen-bond acceptors (Lipinski definition) is 3. The lowest BCUT2D eigenvalue weighted by molar-refractivity contribution is -0.124. The maximum Gasteiger partial charge on any atom is 0.244 e. The fourth-order valence-corrected chi connectivity index (χ4v) is 3.01. The number of piperidine rings is 1. The number of likely N-dealkylation sites (tertiary alicyclic amines) is 1. The smallest absolute Gasteiger partial charge is 0.244 e. The van der Waals surface area contributed by atoms with Crippen molar-refractivity contribution in [2.45, 2.75) is 26.2 Å². The standard InChI is InChI=1S/C20H29N3O2/c1-2-12-23-13-10-18(11-14-23)15-21-20(25)16-22-19(24)9-8-17-6-4-3-5-7-17/h3-9,18H,2,10-16H2,1H3,(H,21,25)(H,22,24)/b9-8-. The first kappa shape index (κ1) is 19.2. The fourth-order valence-electron chi connectivity index (χ4n) is 3.01. The molecule has 0 saturated carbocycles. The van der Waals surface area contributed by atoms with Gasteiger partial charge in [0, 0.05) is 12.6 Å². The molecule has 2 amide bonds. The van der Waals surface area contributed by atoms with Crippen molar-refractivity contribution in [3.8, 4) is 0 Å². The van der Waals surface area contributed by atoms with Gasteiger partial charge in [-0.05, 0) is 56.5 Å². The van der Waals surface area contributed by atoms with E-state index in [2.05, 4.69) is 22.5 Å². The zero-order valence-corrected chi connectivity index (χ0v) is 15.0. The number of benzene rings is 1. The van der Waals surface area contributed by atoms with Crippen LogP contribution >= 0.6 is 0 Å². The van der Waals surface area contributed by atoms with Gasteiger partial charge >= 0.3 is 0 Å². The Hall–Kier alpha value is -2.14. The summed E-state index contributed by atoms with van der Waals surface area (Å²) in [6.07, 6.45) is 6.64. The average molecular weight is 343 g/mol. The summed E-state index contributed by atoms with van der Waals surface area (Å²) < 4.78 is 0. The Balaban J connectivity index is 1.59. The molecule has 0 unspecified atom stereocenters. The molecule has 0 radical (unpaired) electrons. The van der Waals surface area contributed by atoms with Gasteiger partial charge < -0.3 is 15.5 Å². The van der Waals surface area contributed by atoms with Crippen molar-refractivity contribution in [1.29, 1.82) is 0 Å². The highest BCUT2D eigenvalue weighted by Crippen LogP contribution is 2.16. The van der Waals surface area contributed by atoms with E-state index in [1.165, 1.54) is 19.0 Å². The molecule has 1 aromatic carbocycles. The first-order valence-electron chi connectivity index (χ1n) is 9.17. The van der Waals surface area contributed by atoms with E-state index < -0.39 is 0 Å². The molecule has 5 nitrogen and oxygen atoms in total. The van der Waals surface area contributed by atoms with Gasteiger partial charge in [0.2, 0.25) is 11.8 Å². The van der Waals surface area contributed by atoms with Gasteiger partial charge in [-0.2, -0.15) is 0 Å². The molecule has 2 N–H and O–H groups in total. The van der Waals surface area contributed by atoms with E-state index in [9.17, 15) is 9.59 Å². The molecular weight excluding hydrogens is 314 g/mol. The molecule has 136 valence electrons. The molecular formula is C20H29N3O2. The Kier molecular flexibility index (Phi) is 8.19. The van der Waals surface area contributed by atoms with Crippen molar-refractivity contribution in [3.05, 3.63) is 42.0 Å². The molecule has 25 heavy (non-hydrogen) atoms. The number of nitrogens with zero attached hydrogens (tertiary/aromatic N) is 1. The maximum atomic E-state index is 11.9. The molecule has 1 aliphatic heterocycles. The second kappa shape index (κ2) is 10.7. The number of hydrogen-bond donors (Lipinski definition) is 2. The summed E-state index contributed by atoms with van der Waals surface area (Å²) in [7, 11) is 0. The zero-order chi connectivity index (χ0) is 17.9. The highest BCUT2D eigenvalue weighted by Gasteiger charge is 2.18. The van der Waals surface area contributed by atoms with Crippen molar-refractivity contribution in [2.24, 2.45) is 5.92 Å². The summed E-state index contributed by atoms with van der Waals surface area (Å²) in [6, 6.07) is 9.59. The monoisotopic (exact) mass is 343 g/mol. The van der Waals surface area contributed by atoms with Crippen LogP contribution in [0.15, 0.2) is 36.4 Å². The Bertz CT molecular complexity index is 564. The van der Waals surface area contributed by atoms with Gasteiger partial charge in [-0.25, -0.2) is 0 Å². The molecule has 1 fully saturated rings. The summed E-state index contributed by atoms with van der Waals surface area (Å²) in [4.78, 5) is 26.1. The predicted octanol–water partition coefficient (Wildman–Crippen LogP) is 2.05. The van der Waals surface area contributed by atoms with Gasteiger partial charge in [-0.3, -0.25) is 9.59 Å². The molecule has 1 aromatic rings. The number of amides is 2. The molecule has 0 spiro atoms. The summed E-state index contributed by atoms with van der Waals surface area (Å²) in [5.41, 5.74) is 0.955. The predicted molar refractivity (Wildman–Crippen MR) is 101 cm³/mol. The van der Waals surface area contributed by atoms with Gasteiger partial charge in [0.25, 0.3) is 0 Å². The summed E-state index contributed by atoms with van der Waals surface area (Å²) in [5, 5.41) is 5.55. The van der Waals surface area contributed by atoms with Gasteiger partial charge in [-0.1, -0.05) is 37.3 Å². The number of rotatable bonds is 8. The van der Waals surface area contributed by atoms with E-state index in [1.807, 2.05) is 30.3 Å². The Morgan fingerprint density at radius 1 is 1.16 bits per heavy atom. The normalized spacial score (nSPS) is 16.0. The zero-order valence-electron chi connectivity index (χ0n) is 15.0. The average Bonchev–Trinajstić information content (AvgIpc) is 2.65. The minimum absolute atomic E-state index is 0.0205. The second-order valence-electron chi connectivity index (χ2n) is 6.55. The van der Waals surface area contributed by atoms with Crippen LogP contribution in [0.25, 0.3) is 6.08 Å². The molecule has 2 rings (SSSR count). The van der Waals surface area contributed by atoms with Crippen LogP contribution in [-0.4, -0.2) is 49.4 Å². The Morgan fingerprint density at radius 2 is 1.88 bits per heavy atom. The molecule has 0 aromatic heterocycles. The minimum Gasteiger partial charge on any atom is -0.354 e. The molecule has 0 atom stereocenters. The molecule has 1 heterocycles. The lowest BCUT2D eigenvalue weighted by atomic mass is 9.96. The van der Waals surface area contributed by atoms with Crippen molar-refractivity contribution in [3.63, 3.8) is 0 Å². The van der Waals surface area contributed by atoms with E-state index in [1.54, 1.807) is 6.08 Å². The highest BCUT2D eigenvalue weighted by molar-refractivity contribution is 5.94. The quantitative estimate of drug-likeness (QED) is 0.710. The van der Waals surface area contributed by atoms with Crippen LogP contribution in [0, 0.1) is 5.92 Å². The van der Waals surface area contributed by atoms with Crippen LogP contribution in [0.5, 0.6) is 0 Å². The molecule has 1 saturated heterocycles. The van der Waals surface area contributed by atoms with Gasteiger partial charge in [0.1, 0.15) is 0 Å². The van der Waals surface area contributed by atoms with E-state index in [-0.39, 0.29) is 18.4 Å². The van der Waals surface area contributed by atoms with Crippen LogP contribution in [0.1, 0.15) is 31.7 Å². The van der Waals surface area contributed by atoms with E-state index in [4.69, 9.17) is 0 Å². The highest BCUT2D eigenvalue weighted by atomic mass is 16.2.